The summed E-state index contributed by atoms with van der Waals surface area (Å²) in [7, 11) is 2.07. The fraction of sp³-hybridized carbons (Fsp3) is 0.882. The van der Waals surface area contributed by atoms with E-state index in [1.54, 1.807) is 0 Å². The number of rotatable bonds is 4. The van der Waals surface area contributed by atoms with Crippen LogP contribution in [0.25, 0.3) is 0 Å². The highest BCUT2D eigenvalue weighted by Gasteiger charge is 2.37. The molecule has 0 amide bonds. The van der Waals surface area contributed by atoms with Gasteiger partial charge in [-0.2, -0.15) is 0 Å². The van der Waals surface area contributed by atoms with Crippen molar-refractivity contribution in [1.29, 1.82) is 0 Å². The third kappa shape index (κ3) is 3.06. The summed E-state index contributed by atoms with van der Waals surface area (Å²) in [5.74, 6) is 2.97. The Kier molecular flexibility index (Phi) is 4.83. The highest BCUT2D eigenvalue weighted by Crippen LogP contribution is 2.35. The molecule has 1 aromatic heterocycles. The van der Waals surface area contributed by atoms with Gasteiger partial charge in [-0.3, -0.25) is 4.90 Å². The van der Waals surface area contributed by atoms with E-state index in [4.69, 9.17) is 0 Å². The zero-order chi connectivity index (χ0) is 15.7. The highest BCUT2D eigenvalue weighted by atomic mass is 16.3. The van der Waals surface area contributed by atoms with Crippen molar-refractivity contribution < 1.29 is 5.11 Å². The van der Waals surface area contributed by atoms with Crippen LogP contribution >= 0.6 is 0 Å². The van der Waals surface area contributed by atoms with Gasteiger partial charge in [0, 0.05) is 24.9 Å². The van der Waals surface area contributed by atoms with Gasteiger partial charge in [0.05, 0.1) is 12.6 Å². The lowest BCUT2D eigenvalue weighted by atomic mass is 9.80. The van der Waals surface area contributed by atoms with Crippen LogP contribution in [0.4, 0.5) is 0 Å². The molecule has 0 unspecified atom stereocenters. The second kappa shape index (κ2) is 6.67. The molecule has 22 heavy (non-hydrogen) atoms. The van der Waals surface area contributed by atoms with Gasteiger partial charge in [0.1, 0.15) is 11.6 Å². The normalized spacial score (nSPS) is 30.3. The van der Waals surface area contributed by atoms with Crippen molar-refractivity contribution in [2.24, 2.45) is 13.0 Å². The average molecular weight is 306 g/mol. The van der Waals surface area contributed by atoms with E-state index in [9.17, 15) is 5.11 Å². The van der Waals surface area contributed by atoms with Gasteiger partial charge in [0.15, 0.2) is 0 Å². The summed E-state index contributed by atoms with van der Waals surface area (Å²) >= 11 is 0. The quantitative estimate of drug-likeness (QED) is 0.928. The van der Waals surface area contributed by atoms with Crippen molar-refractivity contribution in [3.05, 3.63) is 11.6 Å². The Morgan fingerprint density at radius 1 is 1.14 bits per heavy atom. The Hall–Kier alpha value is -0.940. The van der Waals surface area contributed by atoms with Crippen LogP contribution in [-0.4, -0.2) is 43.5 Å². The SMILES string of the molecule is CC(C)c1nnc(CN2CCC[C@@H]2[C@H]2CCCC[C@@H]2O)n1C. The Balaban J connectivity index is 1.71. The molecule has 0 bridgehead atoms. The van der Waals surface area contributed by atoms with E-state index in [2.05, 4.69) is 40.6 Å². The molecule has 1 saturated carbocycles. The van der Waals surface area contributed by atoms with E-state index in [0.717, 1.165) is 31.2 Å². The molecule has 2 aliphatic rings. The zero-order valence-corrected chi connectivity index (χ0v) is 14.2. The van der Waals surface area contributed by atoms with Crippen molar-refractivity contribution >= 4 is 0 Å². The number of aromatic nitrogens is 3. The van der Waals surface area contributed by atoms with Crippen molar-refractivity contribution in [3.63, 3.8) is 0 Å². The summed E-state index contributed by atoms with van der Waals surface area (Å²) in [6, 6.07) is 0.523. The van der Waals surface area contributed by atoms with E-state index in [0.29, 0.717) is 17.9 Å². The van der Waals surface area contributed by atoms with Crippen molar-refractivity contribution in [2.75, 3.05) is 6.54 Å². The Morgan fingerprint density at radius 3 is 2.59 bits per heavy atom. The van der Waals surface area contributed by atoms with Gasteiger partial charge in [-0.25, -0.2) is 0 Å². The molecule has 124 valence electrons. The Bertz CT molecular complexity index is 499. The molecule has 1 N–H and O–H groups in total. The first-order valence-corrected chi connectivity index (χ1v) is 8.88. The van der Waals surface area contributed by atoms with Crippen LogP contribution in [0.15, 0.2) is 0 Å². The van der Waals surface area contributed by atoms with Gasteiger partial charge >= 0.3 is 0 Å². The van der Waals surface area contributed by atoms with E-state index in [1.165, 1.54) is 32.1 Å². The first-order valence-electron chi connectivity index (χ1n) is 8.88. The van der Waals surface area contributed by atoms with Gasteiger partial charge in [0.25, 0.3) is 0 Å². The molecule has 2 heterocycles. The molecule has 1 aromatic rings. The molecule has 5 heteroatoms. The van der Waals surface area contributed by atoms with Crippen molar-refractivity contribution in [2.45, 2.75) is 77.0 Å². The van der Waals surface area contributed by atoms with E-state index in [-0.39, 0.29) is 6.10 Å². The fourth-order valence-electron chi connectivity index (χ4n) is 4.32. The molecule has 1 aliphatic carbocycles. The van der Waals surface area contributed by atoms with Gasteiger partial charge in [-0.1, -0.05) is 26.7 Å². The van der Waals surface area contributed by atoms with E-state index < -0.39 is 0 Å². The maximum atomic E-state index is 10.4. The average Bonchev–Trinajstić information content (AvgIpc) is 3.08. The molecule has 1 aliphatic heterocycles. The smallest absolute Gasteiger partial charge is 0.146 e. The monoisotopic (exact) mass is 306 g/mol. The second-order valence-corrected chi connectivity index (χ2v) is 7.38. The van der Waals surface area contributed by atoms with Crippen LogP contribution < -0.4 is 0 Å². The predicted octanol–water partition coefficient (Wildman–Crippen LogP) is 2.45. The summed E-state index contributed by atoms with van der Waals surface area (Å²) in [6.07, 6.45) is 6.97. The maximum absolute atomic E-state index is 10.4. The molecule has 5 nitrogen and oxygen atoms in total. The molecule has 2 fully saturated rings. The number of likely N-dealkylation sites (tertiary alicyclic amines) is 1. The molecule has 0 radical (unpaired) electrons. The number of nitrogens with zero attached hydrogens (tertiary/aromatic N) is 4. The summed E-state index contributed by atoms with van der Waals surface area (Å²) in [5.41, 5.74) is 0. The minimum Gasteiger partial charge on any atom is -0.393 e. The van der Waals surface area contributed by atoms with Crippen LogP contribution in [0.5, 0.6) is 0 Å². The molecule has 1 saturated heterocycles. The van der Waals surface area contributed by atoms with Crippen molar-refractivity contribution in [3.8, 4) is 0 Å². The summed E-state index contributed by atoms with van der Waals surface area (Å²) in [5, 5.41) is 19.1. The molecule has 3 atom stereocenters. The van der Waals surface area contributed by atoms with Gasteiger partial charge in [-0.05, 0) is 32.2 Å². The maximum Gasteiger partial charge on any atom is 0.146 e. The predicted molar refractivity (Wildman–Crippen MR) is 86.5 cm³/mol. The fourth-order valence-corrected chi connectivity index (χ4v) is 4.32. The lowest BCUT2D eigenvalue weighted by Crippen LogP contribution is -2.42. The summed E-state index contributed by atoms with van der Waals surface area (Å²) in [4.78, 5) is 2.54. The van der Waals surface area contributed by atoms with Crippen LogP contribution in [0.2, 0.25) is 0 Å². The lowest BCUT2D eigenvalue weighted by Gasteiger charge is -2.37. The standard InChI is InChI=1S/C17H30N4O/c1-12(2)17-19-18-16(20(17)3)11-21-10-6-8-14(21)13-7-4-5-9-15(13)22/h12-15,22H,4-11H2,1-3H3/t13-,14-,15+/m1/s1. The minimum atomic E-state index is -0.106. The molecule has 0 aromatic carbocycles. The number of hydrogen-bond acceptors (Lipinski definition) is 4. The van der Waals surface area contributed by atoms with Crippen LogP contribution in [0.1, 0.15) is 69.9 Å². The van der Waals surface area contributed by atoms with E-state index >= 15 is 0 Å². The van der Waals surface area contributed by atoms with Crippen molar-refractivity contribution in [1.82, 2.24) is 19.7 Å². The van der Waals surface area contributed by atoms with Gasteiger partial charge < -0.3 is 9.67 Å². The third-order valence-corrected chi connectivity index (χ3v) is 5.55. The highest BCUT2D eigenvalue weighted by molar-refractivity contribution is 5.01. The molecular formula is C17H30N4O. The van der Waals surface area contributed by atoms with Gasteiger partial charge in [-0.15, -0.1) is 10.2 Å². The zero-order valence-electron chi connectivity index (χ0n) is 14.2. The lowest BCUT2D eigenvalue weighted by molar-refractivity contribution is 0.0193. The first kappa shape index (κ1) is 15.9. The topological polar surface area (TPSA) is 54.2 Å². The van der Waals surface area contributed by atoms with Crippen LogP contribution in [0.3, 0.4) is 0 Å². The largest absolute Gasteiger partial charge is 0.393 e. The first-order chi connectivity index (χ1) is 10.6. The number of aliphatic hydroxyl groups excluding tert-OH is 1. The third-order valence-electron chi connectivity index (χ3n) is 5.55. The van der Waals surface area contributed by atoms with Gasteiger partial charge in [0.2, 0.25) is 0 Å². The van der Waals surface area contributed by atoms with Crippen LogP contribution in [-0.2, 0) is 13.6 Å². The second-order valence-electron chi connectivity index (χ2n) is 7.38. The Morgan fingerprint density at radius 2 is 1.91 bits per heavy atom. The molecule has 3 rings (SSSR count). The number of hydrogen-bond donors (Lipinski definition) is 1. The minimum absolute atomic E-state index is 0.106. The number of aliphatic hydroxyl groups is 1. The summed E-state index contributed by atoms with van der Waals surface area (Å²) < 4.78 is 2.15. The van der Waals surface area contributed by atoms with Crippen LogP contribution in [0, 0.1) is 5.92 Å². The Labute approximate surface area is 133 Å². The molecular weight excluding hydrogens is 276 g/mol. The molecule has 0 spiro atoms. The van der Waals surface area contributed by atoms with E-state index in [1.807, 2.05) is 0 Å². The summed E-state index contributed by atoms with van der Waals surface area (Å²) in [6.45, 7) is 6.30.